The number of amides is 4. The Balaban J connectivity index is 1.83. The molecule has 3 rings (SSSR count). The summed E-state index contributed by atoms with van der Waals surface area (Å²) in [6.45, 7) is 7.45. The lowest BCUT2D eigenvalue weighted by Gasteiger charge is -2.30. The molecule has 11 nitrogen and oxygen atoms in total. The number of unbranched alkanes of at least 4 members (excludes halogenated alkanes) is 1. The van der Waals surface area contributed by atoms with Crippen LogP contribution in [0.15, 0.2) is 12.2 Å². The molecule has 12 heteroatoms. The summed E-state index contributed by atoms with van der Waals surface area (Å²) in [5, 5.41) is 5.57. The molecule has 3 N–H and O–H groups in total. The molecular weight excluding hydrogens is 548 g/mol. The van der Waals surface area contributed by atoms with Gasteiger partial charge in [0.05, 0.1) is 5.75 Å². The quantitative estimate of drug-likeness (QED) is 0.398. The lowest BCUT2D eigenvalue weighted by atomic mass is 10.0. The first-order valence-electron chi connectivity index (χ1n) is 15.1. The Morgan fingerprint density at radius 1 is 1.10 bits per heavy atom. The topological polar surface area (TPSA) is 151 Å². The number of sulfonamides is 1. The van der Waals surface area contributed by atoms with E-state index in [9.17, 15) is 27.6 Å². The summed E-state index contributed by atoms with van der Waals surface area (Å²) in [4.78, 5) is 54.7. The second-order valence-corrected chi connectivity index (χ2v) is 14.4. The van der Waals surface area contributed by atoms with E-state index in [1.54, 1.807) is 20.8 Å². The molecule has 0 aromatic carbocycles. The number of rotatable bonds is 6. The maximum absolute atomic E-state index is 13.7. The van der Waals surface area contributed by atoms with Crippen LogP contribution in [-0.2, 0) is 29.1 Å². The van der Waals surface area contributed by atoms with Gasteiger partial charge in [0.15, 0.2) is 0 Å². The molecule has 1 saturated carbocycles. The summed E-state index contributed by atoms with van der Waals surface area (Å²) >= 11 is 0. The highest BCUT2D eigenvalue weighted by Crippen LogP contribution is 2.45. The van der Waals surface area contributed by atoms with Gasteiger partial charge in [-0.25, -0.2) is 13.2 Å². The lowest BCUT2D eigenvalue weighted by Crippen LogP contribution is -2.58. The van der Waals surface area contributed by atoms with Gasteiger partial charge in [-0.05, 0) is 65.7 Å². The van der Waals surface area contributed by atoms with Crippen molar-refractivity contribution >= 4 is 33.8 Å². The number of carbonyl (C=O) groups excluding carboxylic acids is 4. The molecule has 0 bridgehead atoms. The predicted molar refractivity (Wildman–Crippen MR) is 155 cm³/mol. The van der Waals surface area contributed by atoms with Gasteiger partial charge in [0.2, 0.25) is 21.8 Å². The van der Waals surface area contributed by atoms with E-state index in [2.05, 4.69) is 15.4 Å². The van der Waals surface area contributed by atoms with Crippen LogP contribution in [0.1, 0.15) is 105 Å². The van der Waals surface area contributed by atoms with Crippen LogP contribution in [0.5, 0.6) is 0 Å². The Morgan fingerprint density at radius 3 is 2.51 bits per heavy atom. The third-order valence-corrected chi connectivity index (χ3v) is 9.16. The lowest BCUT2D eigenvalue weighted by molar-refractivity contribution is -0.141. The number of alkyl carbamates (subject to hydrolysis) is 1. The minimum Gasteiger partial charge on any atom is -0.444 e. The van der Waals surface area contributed by atoms with Crippen molar-refractivity contribution in [2.24, 2.45) is 5.92 Å². The van der Waals surface area contributed by atoms with Crippen molar-refractivity contribution < 1.29 is 32.3 Å². The SMILES string of the molecule is CCCCS(=O)(=O)NC(=O)[C@@]12C[C@H]1/C=C\CCCCCCCC(NC(=O)OC(C)(C)C)C(=O)N1CCC[C@H]1C(=O)N2. The minimum absolute atomic E-state index is 0.170. The number of hydrogen-bond donors (Lipinski definition) is 3. The molecule has 41 heavy (non-hydrogen) atoms. The number of ether oxygens (including phenoxy) is 1. The molecule has 1 aliphatic carbocycles. The van der Waals surface area contributed by atoms with Crippen molar-refractivity contribution in [1.29, 1.82) is 0 Å². The summed E-state index contributed by atoms with van der Waals surface area (Å²) < 4.78 is 32.6. The normalized spacial score (nSPS) is 28.9. The molecule has 0 spiro atoms. The molecular formula is C29H48N4O7S. The fourth-order valence-corrected chi connectivity index (χ4v) is 6.75. The number of hydrogen-bond acceptors (Lipinski definition) is 7. The van der Waals surface area contributed by atoms with Crippen LogP contribution in [0, 0.1) is 5.92 Å². The van der Waals surface area contributed by atoms with Gasteiger partial charge in [0.1, 0.15) is 23.2 Å². The van der Waals surface area contributed by atoms with E-state index in [0.717, 1.165) is 38.5 Å². The van der Waals surface area contributed by atoms with Gasteiger partial charge in [-0.2, -0.15) is 0 Å². The van der Waals surface area contributed by atoms with E-state index < -0.39 is 51.2 Å². The van der Waals surface area contributed by atoms with Crippen molar-refractivity contribution in [3.05, 3.63) is 12.2 Å². The van der Waals surface area contributed by atoms with Crippen LogP contribution in [0.3, 0.4) is 0 Å². The summed E-state index contributed by atoms with van der Waals surface area (Å²) in [5.74, 6) is -2.10. The van der Waals surface area contributed by atoms with Gasteiger partial charge in [-0.1, -0.05) is 51.2 Å². The minimum atomic E-state index is -3.84. The highest BCUT2D eigenvalue weighted by molar-refractivity contribution is 7.90. The van der Waals surface area contributed by atoms with Crippen molar-refractivity contribution in [1.82, 2.24) is 20.3 Å². The highest BCUT2D eigenvalue weighted by atomic mass is 32.2. The van der Waals surface area contributed by atoms with Crippen LogP contribution in [0.2, 0.25) is 0 Å². The van der Waals surface area contributed by atoms with Crippen LogP contribution in [0.4, 0.5) is 4.79 Å². The van der Waals surface area contributed by atoms with Crippen LogP contribution < -0.4 is 15.4 Å². The summed E-state index contributed by atoms with van der Waals surface area (Å²) in [6, 6.07) is -1.67. The van der Waals surface area contributed by atoms with Crippen LogP contribution in [-0.4, -0.2) is 72.7 Å². The fraction of sp³-hybridized carbons (Fsp3) is 0.793. The number of allylic oxidation sites excluding steroid dienone is 1. The van der Waals surface area contributed by atoms with Gasteiger partial charge in [-0.3, -0.25) is 19.1 Å². The van der Waals surface area contributed by atoms with E-state index in [1.807, 2.05) is 19.1 Å². The van der Waals surface area contributed by atoms with E-state index >= 15 is 0 Å². The first kappa shape index (κ1) is 32.9. The first-order valence-corrected chi connectivity index (χ1v) is 16.8. The molecule has 232 valence electrons. The van der Waals surface area contributed by atoms with E-state index in [-0.39, 0.29) is 24.0 Å². The predicted octanol–water partition coefficient (Wildman–Crippen LogP) is 3.29. The molecule has 4 atom stereocenters. The molecule has 0 aromatic heterocycles. The molecule has 4 amide bonds. The Morgan fingerprint density at radius 2 is 1.80 bits per heavy atom. The Labute approximate surface area is 244 Å². The number of carbonyl (C=O) groups is 4. The van der Waals surface area contributed by atoms with Crippen molar-refractivity contribution in [2.75, 3.05) is 12.3 Å². The maximum atomic E-state index is 13.7. The van der Waals surface area contributed by atoms with Gasteiger partial charge >= 0.3 is 6.09 Å². The maximum Gasteiger partial charge on any atom is 0.408 e. The van der Waals surface area contributed by atoms with Gasteiger partial charge in [0, 0.05) is 12.5 Å². The molecule has 0 radical (unpaired) electrons. The smallest absolute Gasteiger partial charge is 0.408 e. The molecule has 2 heterocycles. The van der Waals surface area contributed by atoms with Crippen molar-refractivity contribution in [3.8, 4) is 0 Å². The zero-order valence-corrected chi connectivity index (χ0v) is 25.8. The summed E-state index contributed by atoms with van der Waals surface area (Å²) in [6.07, 6.45) is 11.4. The van der Waals surface area contributed by atoms with Gasteiger partial charge < -0.3 is 20.3 Å². The zero-order chi connectivity index (χ0) is 30.3. The fourth-order valence-electron chi connectivity index (χ4n) is 5.51. The second-order valence-electron chi connectivity index (χ2n) is 12.5. The van der Waals surface area contributed by atoms with Crippen molar-refractivity contribution in [2.45, 2.75) is 128 Å². The molecule has 3 aliphatic rings. The van der Waals surface area contributed by atoms with E-state index in [4.69, 9.17) is 4.74 Å². The van der Waals surface area contributed by atoms with Crippen LogP contribution >= 0.6 is 0 Å². The third kappa shape index (κ3) is 9.44. The van der Waals surface area contributed by atoms with E-state index in [0.29, 0.717) is 38.6 Å². The van der Waals surface area contributed by atoms with E-state index in [1.165, 1.54) is 4.90 Å². The molecule has 1 saturated heterocycles. The second kappa shape index (κ2) is 14.0. The van der Waals surface area contributed by atoms with Crippen LogP contribution in [0.25, 0.3) is 0 Å². The zero-order valence-electron chi connectivity index (χ0n) is 25.0. The Hall–Kier alpha value is -2.63. The molecule has 0 aromatic rings. The molecule has 2 fully saturated rings. The number of fused-ring (bicyclic) bond motifs is 2. The Kier molecular flexibility index (Phi) is 11.2. The number of nitrogens with one attached hydrogen (secondary N) is 3. The summed E-state index contributed by atoms with van der Waals surface area (Å²) in [5.41, 5.74) is -2.11. The first-order chi connectivity index (χ1) is 19.3. The average Bonchev–Trinajstić information content (AvgIpc) is 3.34. The van der Waals surface area contributed by atoms with Gasteiger partial charge in [0.25, 0.3) is 5.91 Å². The Bertz CT molecular complexity index is 1100. The van der Waals surface area contributed by atoms with Crippen molar-refractivity contribution in [3.63, 3.8) is 0 Å². The van der Waals surface area contributed by atoms with Gasteiger partial charge in [-0.15, -0.1) is 0 Å². The monoisotopic (exact) mass is 596 g/mol. The molecule has 1 unspecified atom stereocenters. The largest absolute Gasteiger partial charge is 0.444 e. The number of nitrogens with zero attached hydrogens (tertiary/aromatic N) is 1. The summed E-state index contributed by atoms with van der Waals surface area (Å²) in [7, 11) is -3.84. The third-order valence-electron chi connectivity index (χ3n) is 7.84. The standard InChI is InChI=1S/C29H48N4O7S/c1-5-6-19-41(38,39)32-26(36)29-20-21(29)15-12-10-8-7-9-11-13-16-22(30-27(37)40-28(2,3)4)25(35)33-18-14-17-23(33)24(34)31-29/h12,15,21-23H,5-11,13-14,16-20H2,1-4H3,(H,30,37)(H,31,34)(H,32,36)/b15-12-/t21-,22?,23+,29-/m1/s1. The average molecular weight is 597 g/mol. The highest BCUT2D eigenvalue weighted by Gasteiger charge is 2.61. The molecule has 2 aliphatic heterocycles.